The number of aromatic nitrogens is 2. The van der Waals surface area contributed by atoms with Gasteiger partial charge in [-0.25, -0.2) is 4.79 Å². The van der Waals surface area contributed by atoms with Crippen molar-refractivity contribution in [2.45, 2.75) is 38.9 Å². The molecule has 0 unspecified atom stereocenters. The summed E-state index contributed by atoms with van der Waals surface area (Å²) in [5.41, 5.74) is -0.633. The average Bonchev–Trinajstić information content (AvgIpc) is 2.86. The molecule has 0 saturated carbocycles. The van der Waals surface area contributed by atoms with Gasteiger partial charge in [-0.2, -0.15) is 18.4 Å². The quantitative estimate of drug-likeness (QED) is 0.331. The molecule has 3 aromatic rings. The zero-order chi connectivity index (χ0) is 27.2. The zero-order valence-corrected chi connectivity index (χ0v) is 20.0. The predicted octanol–water partition coefficient (Wildman–Crippen LogP) is 4.25. The Labute approximate surface area is 210 Å². The molecule has 0 atom stereocenters. The first-order valence-electron chi connectivity index (χ1n) is 11.5. The van der Waals surface area contributed by atoms with Crippen molar-refractivity contribution in [3.8, 4) is 11.8 Å². The van der Waals surface area contributed by atoms with Crippen LogP contribution in [0.1, 0.15) is 40.8 Å². The minimum atomic E-state index is -4.63. The van der Waals surface area contributed by atoms with Crippen molar-refractivity contribution < 1.29 is 18.3 Å². The van der Waals surface area contributed by atoms with Gasteiger partial charge in [0.25, 0.3) is 5.56 Å². The Morgan fingerprint density at radius 1 is 1.14 bits per heavy atom. The molecule has 0 amide bonds. The third-order valence-electron chi connectivity index (χ3n) is 5.88. The average molecular weight is 511 g/mol. The fourth-order valence-electron chi connectivity index (χ4n) is 4.07. The van der Waals surface area contributed by atoms with E-state index >= 15 is 0 Å². The van der Waals surface area contributed by atoms with Crippen molar-refractivity contribution in [2.24, 2.45) is 0 Å². The number of nitrogens with one attached hydrogen (secondary N) is 1. The summed E-state index contributed by atoms with van der Waals surface area (Å²) in [6, 6.07) is 12.9. The number of benzene rings is 2. The van der Waals surface area contributed by atoms with E-state index in [1.54, 1.807) is 24.3 Å². The van der Waals surface area contributed by atoms with Gasteiger partial charge in [-0.05, 0) is 73.7 Å². The maximum Gasteiger partial charge on any atom is 0.416 e. The summed E-state index contributed by atoms with van der Waals surface area (Å²) in [7, 11) is 0. The summed E-state index contributed by atoms with van der Waals surface area (Å²) in [4.78, 5) is 27.0. The van der Waals surface area contributed by atoms with Gasteiger partial charge in [0.05, 0.1) is 28.4 Å². The monoisotopic (exact) mass is 510 g/mol. The largest absolute Gasteiger partial charge is 0.416 e. The van der Waals surface area contributed by atoms with Crippen LogP contribution in [0.25, 0.3) is 11.3 Å². The number of nitrogens with zero attached hydrogens (tertiary/aromatic N) is 3. The SMILES string of the molecule is Cc1c(/C(=C/C=N)Cc2ccc(C#N)cc2)c(=O)n(CCCCO)c(=O)n1-c1cccc(C(F)(F)F)c1. The van der Waals surface area contributed by atoms with Gasteiger partial charge in [-0.15, -0.1) is 0 Å². The second-order valence-corrected chi connectivity index (χ2v) is 8.36. The van der Waals surface area contributed by atoms with Gasteiger partial charge in [0.2, 0.25) is 0 Å². The lowest BCUT2D eigenvalue weighted by Gasteiger charge is -2.20. The highest BCUT2D eigenvalue weighted by Gasteiger charge is 2.31. The summed E-state index contributed by atoms with van der Waals surface area (Å²) in [6.45, 7) is 1.29. The van der Waals surface area contributed by atoms with E-state index in [4.69, 9.17) is 15.8 Å². The molecule has 10 heteroatoms. The third kappa shape index (κ3) is 6.13. The first-order chi connectivity index (χ1) is 17.6. The number of unbranched alkanes of at least 4 members (excludes halogenated alkanes) is 1. The number of hydrogen-bond acceptors (Lipinski definition) is 5. The molecule has 0 aliphatic rings. The van der Waals surface area contributed by atoms with E-state index in [9.17, 15) is 22.8 Å². The number of aliphatic hydroxyl groups is 1. The molecule has 0 radical (unpaired) electrons. The maximum absolute atomic E-state index is 13.6. The van der Waals surface area contributed by atoms with Crippen molar-refractivity contribution in [3.63, 3.8) is 0 Å². The van der Waals surface area contributed by atoms with Crippen molar-refractivity contribution >= 4 is 11.8 Å². The van der Waals surface area contributed by atoms with E-state index in [1.807, 2.05) is 6.07 Å². The standard InChI is InChI=1S/C27H25F3N4O3/c1-18-24(21(11-12-31)15-19-7-9-20(17-32)10-8-19)25(36)33(13-2-3-14-35)26(37)34(18)23-6-4-5-22(16-23)27(28,29)30/h4-12,16,31,35H,2-3,13-15H2,1H3/b21-11+,31-12?. The predicted molar refractivity (Wildman–Crippen MR) is 134 cm³/mol. The molecule has 0 bridgehead atoms. The molecule has 0 aliphatic carbocycles. The van der Waals surface area contributed by atoms with Crippen LogP contribution in [0.2, 0.25) is 0 Å². The lowest BCUT2D eigenvalue weighted by molar-refractivity contribution is -0.137. The smallest absolute Gasteiger partial charge is 0.396 e. The second-order valence-electron chi connectivity index (χ2n) is 8.36. The van der Waals surface area contributed by atoms with Gasteiger partial charge in [0.15, 0.2) is 0 Å². The Bertz CT molecular complexity index is 1480. The Balaban J connectivity index is 2.28. The number of nitriles is 1. The van der Waals surface area contributed by atoms with Gasteiger partial charge in [-0.3, -0.25) is 13.9 Å². The van der Waals surface area contributed by atoms with E-state index in [1.165, 1.54) is 25.1 Å². The van der Waals surface area contributed by atoms with Crippen molar-refractivity contribution in [1.29, 1.82) is 10.7 Å². The highest BCUT2D eigenvalue weighted by molar-refractivity contribution is 5.84. The minimum Gasteiger partial charge on any atom is -0.396 e. The summed E-state index contributed by atoms with van der Waals surface area (Å²) in [5, 5.41) is 25.8. The van der Waals surface area contributed by atoms with Crippen LogP contribution in [0.4, 0.5) is 13.2 Å². The van der Waals surface area contributed by atoms with Crippen LogP contribution in [-0.2, 0) is 19.1 Å². The maximum atomic E-state index is 13.6. The summed E-state index contributed by atoms with van der Waals surface area (Å²) in [6.07, 6.45) is -1.43. The van der Waals surface area contributed by atoms with Gasteiger partial charge < -0.3 is 10.5 Å². The highest BCUT2D eigenvalue weighted by Crippen LogP contribution is 2.30. The fraction of sp³-hybridized carbons (Fsp3) is 0.259. The van der Waals surface area contributed by atoms with Crippen molar-refractivity contribution in [1.82, 2.24) is 9.13 Å². The molecular weight excluding hydrogens is 485 g/mol. The van der Waals surface area contributed by atoms with Gasteiger partial charge in [-0.1, -0.05) is 18.2 Å². The van der Waals surface area contributed by atoms with Crippen molar-refractivity contribution in [3.05, 3.63) is 103 Å². The molecule has 0 fully saturated rings. The van der Waals surface area contributed by atoms with Crippen LogP contribution in [0.15, 0.2) is 64.2 Å². The molecule has 0 spiro atoms. The molecular formula is C27H25F3N4O3. The molecule has 0 saturated heterocycles. The van der Waals surface area contributed by atoms with Crippen LogP contribution in [0, 0.1) is 23.7 Å². The number of allylic oxidation sites excluding steroid dienone is 2. The summed E-state index contributed by atoms with van der Waals surface area (Å²) >= 11 is 0. The van der Waals surface area contributed by atoms with E-state index in [0.717, 1.165) is 33.0 Å². The second kappa shape index (κ2) is 11.7. The first-order valence-corrected chi connectivity index (χ1v) is 11.5. The molecule has 1 aromatic heterocycles. The fourth-order valence-corrected chi connectivity index (χ4v) is 4.07. The Morgan fingerprint density at radius 2 is 1.84 bits per heavy atom. The molecule has 0 aliphatic heterocycles. The number of rotatable bonds is 9. The molecule has 1 heterocycles. The third-order valence-corrected chi connectivity index (χ3v) is 5.88. The lowest BCUT2D eigenvalue weighted by Crippen LogP contribution is -2.42. The van der Waals surface area contributed by atoms with Crippen LogP contribution in [0.3, 0.4) is 0 Å². The lowest BCUT2D eigenvalue weighted by atomic mass is 9.96. The molecule has 192 valence electrons. The van der Waals surface area contributed by atoms with E-state index < -0.39 is 23.0 Å². The topological polar surface area (TPSA) is 112 Å². The van der Waals surface area contributed by atoms with E-state index in [-0.39, 0.29) is 36.5 Å². The number of aliphatic hydroxyl groups excluding tert-OH is 1. The van der Waals surface area contributed by atoms with E-state index in [2.05, 4.69) is 0 Å². The molecule has 2 N–H and O–H groups in total. The van der Waals surface area contributed by atoms with Gasteiger partial charge in [0, 0.05) is 25.1 Å². The number of hydrogen-bond donors (Lipinski definition) is 2. The Kier molecular flexibility index (Phi) is 8.63. The molecule has 7 nitrogen and oxygen atoms in total. The highest BCUT2D eigenvalue weighted by atomic mass is 19.4. The molecule has 3 rings (SSSR count). The zero-order valence-electron chi connectivity index (χ0n) is 20.0. The molecule has 2 aromatic carbocycles. The Hall–Kier alpha value is -4.23. The van der Waals surface area contributed by atoms with Crippen LogP contribution < -0.4 is 11.2 Å². The van der Waals surface area contributed by atoms with Crippen LogP contribution in [0.5, 0.6) is 0 Å². The number of alkyl halides is 3. The van der Waals surface area contributed by atoms with Crippen molar-refractivity contribution in [2.75, 3.05) is 6.61 Å². The van der Waals surface area contributed by atoms with Gasteiger partial charge in [0.1, 0.15) is 0 Å². The summed E-state index contributed by atoms with van der Waals surface area (Å²) in [5.74, 6) is 0. The summed E-state index contributed by atoms with van der Waals surface area (Å²) < 4.78 is 42.3. The van der Waals surface area contributed by atoms with E-state index in [0.29, 0.717) is 24.0 Å². The normalized spacial score (nSPS) is 11.8. The molecule has 37 heavy (non-hydrogen) atoms. The van der Waals surface area contributed by atoms with Gasteiger partial charge >= 0.3 is 11.9 Å². The Morgan fingerprint density at radius 3 is 2.43 bits per heavy atom. The van der Waals surface area contributed by atoms with Crippen LogP contribution in [-0.4, -0.2) is 27.1 Å². The number of halogens is 3. The van der Waals surface area contributed by atoms with Crippen LogP contribution >= 0.6 is 0 Å². The first kappa shape index (κ1) is 27.4. The minimum absolute atomic E-state index is 0.0425.